The van der Waals surface area contributed by atoms with Crippen LogP contribution in [0.3, 0.4) is 0 Å². The number of amides is 1. The SMILES string of the molecule is O=C(c1csc(N2CCN(c3ccccc3)CC2)n1)N1CCC2(CC1)OCCO2. The highest BCUT2D eigenvalue weighted by atomic mass is 32.1. The number of para-hydroxylation sites is 1. The van der Waals surface area contributed by atoms with Gasteiger partial charge in [0.1, 0.15) is 5.69 Å². The second kappa shape index (κ2) is 7.93. The van der Waals surface area contributed by atoms with Crippen LogP contribution in [0.25, 0.3) is 0 Å². The molecule has 0 saturated carbocycles. The van der Waals surface area contributed by atoms with Crippen LogP contribution in [0.5, 0.6) is 0 Å². The van der Waals surface area contributed by atoms with Crippen LogP contribution in [-0.2, 0) is 9.47 Å². The number of rotatable bonds is 3. The van der Waals surface area contributed by atoms with E-state index in [1.54, 1.807) is 11.3 Å². The third kappa shape index (κ3) is 3.84. The maximum Gasteiger partial charge on any atom is 0.273 e. The standard InChI is InChI=1S/C21H26N4O3S/c26-19(24-8-6-21(7-9-24)27-14-15-28-21)18-16-29-20(22-18)25-12-10-23(11-13-25)17-4-2-1-3-5-17/h1-5,16H,6-15H2. The largest absolute Gasteiger partial charge is 0.368 e. The molecule has 1 spiro atoms. The molecular formula is C21H26N4O3S. The van der Waals surface area contributed by atoms with Gasteiger partial charge in [0.05, 0.1) is 13.2 Å². The predicted molar refractivity (Wildman–Crippen MR) is 113 cm³/mol. The number of hydrogen-bond acceptors (Lipinski definition) is 7. The average Bonchev–Trinajstić information content (AvgIpc) is 3.45. The van der Waals surface area contributed by atoms with Gasteiger partial charge in [-0.15, -0.1) is 11.3 Å². The molecule has 1 amide bonds. The second-order valence-corrected chi connectivity index (χ2v) is 8.56. The summed E-state index contributed by atoms with van der Waals surface area (Å²) in [6, 6.07) is 10.5. The Morgan fingerprint density at radius 1 is 0.931 bits per heavy atom. The van der Waals surface area contributed by atoms with Gasteiger partial charge in [0, 0.05) is 63.2 Å². The molecule has 1 aromatic heterocycles. The molecule has 0 atom stereocenters. The summed E-state index contributed by atoms with van der Waals surface area (Å²) in [5, 5.41) is 2.84. The lowest BCUT2D eigenvalue weighted by molar-refractivity contribution is -0.181. The molecule has 8 heteroatoms. The highest BCUT2D eigenvalue weighted by molar-refractivity contribution is 7.13. The Bertz CT molecular complexity index is 835. The van der Waals surface area contributed by atoms with E-state index in [0.717, 1.165) is 44.2 Å². The number of ether oxygens (including phenoxy) is 2. The number of thiazole rings is 1. The number of benzene rings is 1. The Morgan fingerprint density at radius 2 is 1.59 bits per heavy atom. The molecule has 1 aromatic carbocycles. The molecule has 5 rings (SSSR count). The van der Waals surface area contributed by atoms with Crippen LogP contribution in [0.2, 0.25) is 0 Å². The van der Waals surface area contributed by atoms with Crippen LogP contribution in [0.4, 0.5) is 10.8 Å². The first-order valence-corrected chi connectivity index (χ1v) is 11.2. The fraction of sp³-hybridized carbons (Fsp3) is 0.524. The number of carbonyl (C=O) groups is 1. The Kier molecular flexibility index (Phi) is 5.15. The molecule has 7 nitrogen and oxygen atoms in total. The number of nitrogens with zero attached hydrogens (tertiary/aromatic N) is 4. The van der Waals surface area contributed by atoms with Gasteiger partial charge in [-0.05, 0) is 12.1 Å². The van der Waals surface area contributed by atoms with Crippen molar-refractivity contribution in [1.29, 1.82) is 0 Å². The lowest BCUT2D eigenvalue weighted by Crippen LogP contribution is -2.47. The summed E-state index contributed by atoms with van der Waals surface area (Å²) >= 11 is 1.56. The lowest BCUT2D eigenvalue weighted by Gasteiger charge is -2.37. The minimum atomic E-state index is -0.456. The van der Waals surface area contributed by atoms with Gasteiger partial charge in [-0.2, -0.15) is 0 Å². The summed E-state index contributed by atoms with van der Waals surface area (Å²) in [5.74, 6) is -0.439. The van der Waals surface area contributed by atoms with Gasteiger partial charge in [0.25, 0.3) is 5.91 Å². The van der Waals surface area contributed by atoms with E-state index in [9.17, 15) is 4.79 Å². The Hall–Kier alpha value is -2.16. The van der Waals surface area contributed by atoms with Crippen molar-refractivity contribution in [2.75, 3.05) is 62.3 Å². The van der Waals surface area contributed by atoms with Crippen LogP contribution < -0.4 is 9.80 Å². The van der Waals surface area contributed by atoms with E-state index in [2.05, 4.69) is 39.0 Å². The van der Waals surface area contributed by atoms with Crippen LogP contribution in [0, 0.1) is 0 Å². The zero-order valence-electron chi connectivity index (χ0n) is 16.5. The summed E-state index contributed by atoms with van der Waals surface area (Å²) in [4.78, 5) is 24.1. The van der Waals surface area contributed by atoms with E-state index in [1.807, 2.05) is 16.3 Å². The molecule has 0 bridgehead atoms. The zero-order chi connectivity index (χ0) is 19.7. The van der Waals surface area contributed by atoms with Crippen molar-refractivity contribution in [3.63, 3.8) is 0 Å². The first kappa shape index (κ1) is 18.8. The second-order valence-electron chi connectivity index (χ2n) is 7.72. The van der Waals surface area contributed by atoms with Crippen molar-refractivity contribution >= 4 is 28.1 Å². The van der Waals surface area contributed by atoms with E-state index in [-0.39, 0.29) is 5.91 Å². The molecule has 3 aliphatic heterocycles. The molecular weight excluding hydrogens is 388 g/mol. The molecule has 3 fully saturated rings. The number of aromatic nitrogens is 1. The average molecular weight is 415 g/mol. The molecule has 154 valence electrons. The van der Waals surface area contributed by atoms with Crippen LogP contribution >= 0.6 is 11.3 Å². The molecule has 0 unspecified atom stereocenters. The minimum Gasteiger partial charge on any atom is -0.368 e. The normalized spacial score (nSPS) is 21.7. The third-order valence-electron chi connectivity index (χ3n) is 6.01. The van der Waals surface area contributed by atoms with E-state index < -0.39 is 5.79 Å². The maximum atomic E-state index is 12.9. The predicted octanol–water partition coefficient (Wildman–Crippen LogP) is 2.45. The summed E-state index contributed by atoms with van der Waals surface area (Å²) < 4.78 is 11.5. The zero-order valence-corrected chi connectivity index (χ0v) is 17.3. The van der Waals surface area contributed by atoms with Gasteiger partial charge >= 0.3 is 0 Å². The van der Waals surface area contributed by atoms with Gasteiger partial charge in [0.2, 0.25) is 0 Å². The summed E-state index contributed by atoms with van der Waals surface area (Å²) in [7, 11) is 0. The van der Waals surface area contributed by atoms with Gasteiger partial charge in [-0.1, -0.05) is 18.2 Å². The smallest absolute Gasteiger partial charge is 0.273 e. The Balaban J connectivity index is 1.17. The van der Waals surface area contributed by atoms with Gasteiger partial charge in [-0.25, -0.2) is 4.98 Å². The first-order valence-electron chi connectivity index (χ1n) is 10.3. The number of carbonyl (C=O) groups excluding carboxylic acids is 1. The van der Waals surface area contributed by atoms with Crippen molar-refractivity contribution in [2.24, 2.45) is 0 Å². The maximum absolute atomic E-state index is 12.9. The monoisotopic (exact) mass is 414 g/mol. The minimum absolute atomic E-state index is 0.0169. The van der Waals surface area contributed by atoms with E-state index in [1.165, 1.54) is 5.69 Å². The van der Waals surface area contributed by atoms with Crippen molar-refractivity contribution in [3.8, 4) is 0 Å². The number of anilines is 2. The van der Waals surface area contributed by atoms with Gasteiger partial charge < -0.3 is 24.2 Å². The van der Waals surface area contributed by atoms with Crippen LogP contribution in [-0.4, -0.2) is 74.1 Å². The molecule has 3 aliphatic rings. The highest BCUT2D eigenvalue weighted by Gasteiger charge is 2.41. The summed E-state index contributed by atoms with van der Waals surface area (Å²) in [6.45, 7) is 6.36. The fourth-order valence-corrected chi connectivity index (χ4v) is 5.15. The first-order chi connectivity index (χ1) is 14.2. The third-order valence-corrected chi connectivity index (χ3v) is 6.91. The lowest BCUT2D eigenvalue weighted by atomic mass is 10.0. The fourth-order valence-electron chi connectivity index (χ4n) is 4.30. The molecule has 0 N–H and O–H groups in total. The van der Waals surface area contributed by atoms with Crippen molar-refractivity contribution in [1.82, 2.24) is 9.88 Å². The van der Waals surface area contributed by atoms with Crippen molar-refractivity contribution in [3.05, 3.63) is 41.4 Å². The number of likely N-dealkylation sites (tertiary alicyclic amines) is 1. The number of hydrogen-bond donors (Lipinski definition) is 0. The molecule has 2 aromatic rings. The van der Waals surface area contributed by atoms with E-state index in [4.69, 9.17) is 9.47 Å². The van der Waals surface area contributed by atoms with Crippen molar-refractivity contribution in [2.45, 2.75) is 18.6 Å². The number of piperazine rings is 1. The molecule has 4 heterocycles. The van der Waals surface area contributed by atoms with Gasteiger partial charge in [0.15, 0.2) is 10.9 Å². The summed E-state index contributed by atoms with van der Waals surface area (Å²) in [6.07, 6.45) is 1.47. The van der Waals surface area contributed by atoms with Crippen LogP contribution in [0.1, 0.15) is 23.3 Å². The van der Waals surface area contributed by atoms with Gasteiger partial charge in [-0.3, -0.25) is 4.79 Å². The van der Waals surface area contributed by atoms with Crippen molar-refractivity contribution < 1.29 is 14.3 Å². The Morgan fingerprint density at radius 3 is 2.28 bits per heavy atom. The molecule has 3 saturated heterocycles. The summed E-state index contributed by atoms with van der Waals surface area (Å²) in [5.41, 5.74) is 1.82. The molecule has 29 heavy (non-hydrogen) atoms. The van der Waals surface area contributed by atoms with Crippen LogP contribution in [0.15, 0.2) is 35.7 Å². The topological polar surface area (TPSA) is 58.1 Å². The molecule has 0 radical (unpaired) electrons. The quantitative estimate of drug-likeness (QED) is 0.769. The molecule has 0 aliphatic carbocycles. The Labute approximate surface area is 174 Å². The number of piperidine rings is 1. The van der Waals surface area contributed by atoms with E-state index in [0.29, 0.717) is 32.0 Å². The van der Waals surface area contributed by atoms with E-state index >= 15 is 0 Å². The highest BCUT2D eigenvalue weighted by Crippen LogP contribution is 2.32.